The minimum absolute atomic E-state index is 0.390. The van der Waals surface area contributed by atoms with Crippen LogP contribution >= 0.6 is 0 Å². The standard InChI is InChI=1S/C54H35N3O/c1-3-14-34(15-4-1)35-26-28-37(29-27-35)48-33-47(36-16-5-2-6-17-36)55-54(56-48)46-24-13-23-44-45-31-30-43-42-22-11-12-25-49(42)57(51(43)53(45)58-52(44)46)50-32-38-18-7-8-19-39(38)40-20-9-10-21-41(40)50/h1-33,54,56H. The molecule has 11 aromatic rings. The summed E-state index contributed by atoms with van der Waals surface area (Å²) in [6, 6.07) is 69.2. The molecule has 3 heterocycles. The molecule has 1 atom stereocenters. The molecule has 0 fully saturated rings. The van der Waals surface area contributed by atoms with Gasteiger partial charge in [0.2, 0.25) is 0 Å². The molecule has 0 aliphatic carbocycles. The zero-order valence-corrected chi connectivity index (χ0v) is 31.4. The van der Waals surface area contributed by atoms with E-state index in [2.05, 4.69) is 204 Å². The fourth-order valence-corrected chi connectivity index (χ4v) is 9.10. The van der Waals surface area contributed by atoms with Crippen LogP contribution in [0.3, 0.4) is 0 Å². The van der Waals surface area contributed by atoms with Crippen LogP contribution in [0.4, 0.5) is 0 Å². The molecule has 0 amide bonds. The third-order valence-corrected chi connectivity index (χ3v) is 11.8. The third kappa shape index (κ3) is 5.05. The van der Waals surface area contributed by atoms with Gasteiger partial charge in [-0.2, -0.15) is 0 Å². The third-order valence-electron chi connectivity index (χ3n) is 11.8. The molecule has 1 unspecified atom stereocenters. The Bertz CT molecular complexity index is 3460. The second kappa shape index (κ2) is 12.9. The number of hydrogen-bond donors (Lipinski definition) is 1. The molecule has 1 N–H and O–H groups in total. The van der Waals surface area contributed by atoms with Gasteiger partial charge in [0.1, 0.15) is 11.7 Å². The first kappa shape index (κ1) is 32.5. The smallest absolute Gasteiger partial charge is 0.160 e. The van der Waals surface area contributed by atoms with Crippen LogP contribution in [0.25, 0.3) is 87.8 Å². The minimum Gasteiger partial charge on any atom is -0.453 e. The molecule has 1 aliphatic rings. The van der Waals surface area contributed by atoms with Gasteiger partial charge in [-0.25, -0.2) is 0 Å². The molecule has 4 nitrogen and oxygen atoms in total. The molecule has 1 aliphatic heterocycles. The van der Waals surface area contributed by atoms with Crippen molar-refractivity contribution in [1.82, 2.24) is 9.88 Å². The predicted octanol–water partition coefficient (Wildman–Crippen LogP) is 13.8. The molecule has 9 aromatic carbocycles. The van der Waals surface area contributed by atoms with E-state index in [1.54, 1.807) is 0 Å². The van der Waals surface area contributed by atoms with E-state index in [-0.39, 0.29) is 6.17 Å². The maximum absolute atomic E-state index is 7.24. The number of furan rings is 1. The Hall–Kier alpha value is -7.69. The summed E-state index contributed by atoms with van der Waals surface area (Å²) in [6.45, 7) is 0. The van der Waals surface area contributed by atoms with Gasteiger partial charge in [-0.15, -0.1) is 0 Å². The molecule has 0 spiro atoms. The lowest BCUT2D eigenvalue weighted by Gasteiger charge is -2.25. The Kier molecular flexibility index (Phi) is 7.26. The predicted molar refractivity (Wildman–Crippen MR) is 242 cm³/mol. The van der Waals surface area contributed by atoms with Crippen molar-refractivity contribution in [2.45, 2.75) is 6.17 Å². The number of nitrogens with one attached hydrogen (secondary N) is 1. The topological polar surface area (TPSA) is 42.5 Å². The summed E-state index contributed by atoms with van der Waals surface area (Å²) in [4.78, 5) is 5.37. The van der Waals surface area contributed by atoms with Crippen molar-refractivity contribution >= 4 is 76.7 Å². The van der Waals surface area contributed by atoms with E-state index in [4.69, 9.17) is 9.41 Å². The average Bonchev–Trinajstić information content (AvgIpc) is 3.85. The summed E-state index contributed by atoms with van der Waals surface area (Å²) in [5.41, 5.74) is 12.5. The van der Waals surface area contributed by atoms with Crippen molar-refractivity contribution in [2.24, 2.45) is 4.99 Å². The van der Waals surface area contributed by atoms with Crippen LogP contribution in [0, 0.1) is 0 Å². The zero-order valence-electron chi connectivity index (χ0n) is 31.4. The highest BCUT2D eigenvalue weighted by Gasteiger charge is 2.26. The molecule has 0 radical (unpaired) electrons. The highest BCUT2D eigenvalue weighted by molar-refractivity contribution is 6.23. The van der Waals surface area contributed by atoms with Crippen molar-refractivity contribution in [3.8, 4) is 16.8 Å². The second-order valence-electron chi connectivity index (χ2n) is 15.1. The van der Waals surface area contributed by atoms with Gasteiger partial charge in [-0.05, 0) is 62.7 Å². The summed E-state index contributed by atoms with van der Waals surface area (Å²) >= 11 is 0. The van der Waals surface area contributed by atoms with Crippen LogP contribution in [-0.2, 0) is 0 Å². The second-order valence-corrected chi connectivity index (χ2v) is 15.1. The van der Waals surface area contributed by atoms with Crippen molar-refractivity contribution in [1.29, 1.82) is 0 Å². The first-order chi connectivity index (χ1) is 28.8. The number of hydrogen-bond acceptors (Lipinski definition) is 3. The van der Waals surface area contributed by atoms with E-state index in [1.165, 1.54) is 38.1 Å². The fraction of sp³-hybridized carbons (Fsp3) is 0.0185. The molecule has 0 saturated carbocycles. The van der Waals surface area contributed by atoms with Crippen LogP contribution < -0.4 is 5.32 Å². The number of rotatable bonds is 5. The molecule has 12 rings (SSSR count). The zero-order chi connectivity index (χ0) is 38.2. The lowest BCUT2D eigenvalue weighted by atomic mass is 9.99. The van der Waals surface area contributed by atoms with Gasteiger partial charge in [0, 0.05) is 38.2 Å². The number of para-hydroxylation sites is 2. The van der Waals surface area contributed by atoms with E-state index in [1.807, 2.05) is 6.07 Å². The van der Waals surface area contributed by atoms with Gasteiger partial charge in [-0.1, -0.05) is 176 Å². The minimum atomic E-state index is -0.390. The van der Waals surface area contributed by atoms with Gasteiger partial charge in [-0.3, -0.25) is 4.99 Å². The molecule has 272 valence electrons. The number of allylic oxidation sites excluding steroid dienone is 1. The van der Waals surface area contributed by atoms with Crippen molar-refractivity contribution in [3.05, 3.63) is 217 Å². The van der Waals surface area contributed by atoms with Crippen LogP contribution in [0.15, 0.2) is 210 Å². The van der Waals surface area contributed by atoms with E-state index >= 15 is 0 Å². The largest absolute Gasteiger partial charge is 0.453 e. The van der Waals surface area contributed by atoms with Crippen molar-refractivity contribution in [2.75, 3.05) is 0 Å². The Morgan fingerprint density at radius 3 is 1.86 bits per heavy atom. The van der Waals surface area contributed by atoms with Crippen LogP contribution in [-0.4, -0.2) is 10.3 Å². The molecule has 0 bridgehead atoms. The summed E-state index contributed by atoms with van der Waals surface area (Å²) in [5.74, 6) is 0. The van der Waals surface area contributed by atoms with Gasteiger partial charge in [0.15, 0.2) is 5.58 Å². The number of nitrogens with zero attached hydrogens (tertiary/aromatic N) is 2. The molecule has 0 saturated heterocycles. The Morgan fingerprint density at radius 2 is 1.05 bits per heavy atom. The summed E-state index contributed by atoms with van der Waals surface area (Å²) in [6.07, 6.45) is 1.77. The Morgan fingerprint density at radius 1 is 0.448 bits per heavy atom. The molecule has 4 heteroatoms. The lowest BCUT2D eigenvalue weighted by Crippen LogP contribution is -2.25. The maximum atomic E-state index is 7.24. The number of fused-ring (bicyclic) bond motifs is 10. The van der Waals surface area contributed by atoms with Gasteiger partial charge in [0.05, 0.1) is 22.4 Å². The number of aliphatic imine (C=N–C) groups is 1. The van der Waals surface area contributed by atoms with E-state index in [0.717, 1.165) is 72.1 Å². The highest BCUT2D eigenvalue weighted by Crippen LogP contribution is 2.44. The normalized spacial score (nSPS) is 14.4. The SMILES string of the molecule is C1=C(c2ccc(-c3ccccc3)cc2)NC(c2cccc3c2oc2c3ccc3c4ccccc4n(-c4cc5ccccc5c5ccccc45)c32)N=C1c1ccccc1. The van der Waals surface area contributed by atoms with Crippen LogP contribution in [0.5, 0.6) is 0 Å². The molecule has 58 heavy (non-hydrogen) atoms. The average molecular weight is 742 g/mol. The molecule has 2 aromatic heterocycles. The summed E-state index contributed by atoms with van der Waals surface area (Å²) < 4.78 is 9.66. The molecular formula is C54H35N3O. The Balaban J connectivity index is 1.07. The Labute approximate surface area is 334 Å². The summed E-state index contributed by atoms with van der Waals surface area (Å²) in [7, 11) is 0. The van der Waals surface area contributed by atoms with Gasteiger partial charge in [0.25, 0.3) is 0 Å². The van der Waals surface area contributed by atoms with Crippen LogP contribution in [0.2, 0.25) is 0 Å². The highest BCUT2D eigenvalue weighted by atomic mass is 16.3. The quantitative estimate of drug-likeness (QED) is 0.179. The number of benzene rings is 9. The lowest BCUT2D eigenvalue weighted by molar-refractivity contribution is 0.625. The van der Waals surface area contributed by atoms with Gasteiger partial charge >= 0.3 is 0 Å². The van der Waals surface area contributed by atoms with Crippen molar-refractivity contribution in [3.63, 3.8) is 0 Å². The first-order valence-electron chi connectivity index (χ1n) is 19.8. The van der Waals surface area contributed by atoms with E-state index < -0.39 is 0 Å². The monoisotopic (exact) mass is 741 g/mol. The van der Waals surface area contributed by atoms with Gasteiger partial charge < -0.3 is 14.3 Å². The van der Waals surface area contributed by atoms with Crippen LogP contribution in [0.1, 0.15) is 22.9 Å². The van der Waals surface area contributed by atoms with E-state index in [0.29, 0.717) is 0 Å². The first-order valence-corrected chi connectivity index (χ1v) is 19.8. The summed E-state index contributed by atoms with van der Waals surface area (Å²) in [5, 5.41) is 13.2. The number of aromatic nitrogens is 1. The van der Waals surface area contributed by atoms with E-state index in [9.17, 15) is 0 Å². The molecular weight excluding hydrogens is 707 g/mol. The fourth-order valence-electron chi connectivity index (χ4n) is 9.10. The maximum Gasteiger partial charge on any atom is 0.160 e. The van der Waals surface area contributed by atoms with Crippen molar-refractivity contribution < 1.29 is 4.42 Å².